The first-order valence-electron chi connectivity index (χ1n) is 7.83. The summed E-state index contributed by atoms with van der Waals surface area (Å²) < 4.78 is 1.88. The van der Waals surface area contributed by atoms with E-state index in [2.05, 4.69) is 23.3 Å². The fourth-order valence-corrected chi connectivity index (χ4v) is 4.47. The van der Waals surface area contributed by atoms with Crippen LogP contribution in [0.15, 0.2) is 29.2 Å². The van der Waals surface area contributed by atoms with Gasteiger partial charge in [-0.1, -0.05) is 18.2 Å². The van der Waals surface area contributed by atoms with Crippen molar-refractivity contribution < 1.29 is 4.79 Å². The summed E-state index contributed by atoms with van der Waals surface area (Å²) in [7, 11) is 1.94. The van der Waals surface area contributed by atoms with Crippen LogP contribution in [0.1, 0.15) is 35.3 Å². The SMILES string of the molecule is Cn1nc(C(=O)N2CCCCC2)c2c1-c1ccccc1SC2. The lowest BCUT2D eigenvalue weighted by atomic mass is 10.0. The van der Waals surface area contributed by atoms with Crippen molar-refractivity contribution in [1.82, 2.24) is 14.7 Å². The lowest BCUT2D eigenvalue weighted by molar-refractivity contribution is 0.0717. The third-order valence-electron chi connectivity index (χ3n) is 4.51. The van der Waals surface area contributed by atoms with Gasteiger partial charge >= 0.3 is 0 Å². The Morgan fingerprint density at radius 2 is 1.95 bits per heavy atom. The number of carbonyl (C=O) groups excluding carboxylic acids is 1. The molecule has 2 aliphatic rings. The van der Waals surface area contributed by atoms with Crippen LogP contribution in [0, 0.1) is 0 Å². The highest BCUT2D eigenvalue weighted by Crippen LogP contribution is 2.42. The number of rotatable bonds is 1. The minimum absolute atomic E-state index is 0.108. The van der Waals surface area contributed by atoms with E-state index in [1.807, 2.05) is 22.7 Å². The minimum Gasteiger partial charge on any atom is -0.337 e. The molecule has 4 nitrogen and oxygen atoms in total. The molecule has 4 rings (SSSR count). The fourth-order valence-electron chi connectivity index (χ4n) is 3.40. The van der Waals surface area contributed by atoms with E-state index in [-0.39, 0.29) is 5.91 Å². The number of aromatic nitrogens is 2. The van der Waals surface area contributed by atoms with Crippen LogP contribution in [0.2, 0.25) is 0 Å². The molecule has 0 atom stereocenters. The summed E-state index contributed by atoms with van der Waals surface area (Å²) in [4.78, 5) is 16.1. The molecule has 1 aromatic heterocycles. The smallest absolute Gasteiger partial charge is 0.274 e. The zero-order valence-electron chi connectivity index (χ0n) is 12.7. The molecular weight excluding hydrogens is 294 g/mol. The van der Waals surface area contributed by atoms with Gasteiger partial charge in [0, 0.05) is 41.9 Å². The van der Waals surface area contributed by atoms with Crippen LogP contribution in [-0.4, -0.2) is 33.7 Å². The third-order valence-corrected chi connectivity index (χ3v) is 5.61. The first kappa shape index (κ1) is 13.9. The second-order valence-corrected chi connectivity index (χ2v) is 6.95. The van der Waals surface area contributed by atoms with Crippen LogP contribution in [0.4, 0.5) is 0 Å². The molecule has 0 saturated carbocycles. The summed E-state index contributed by atoms with van der Waals surface area (Å²) in [6, 6.07) is 8.37. The maximum Gasteiger partial charge on any atom is 0.274 e. The Balaban J connectivity index is 1.77. The Morgan fingerprint density at radius 3 is 2.77 bits per heavy atom. The highest BCUT2D eigenvalue weighted by Gasteiger charge is 2.30. The summed E-state index contributed by atoms with van der Waals surface area (Å²) in [6.07, 6.45) is 3.45. The van der Waals surface area contributed by atoms with Crippen LogP contribution >= 0.6 is 11.8 Å². The number of fused-ring (bicyclic) bond motifs is 3. The van der Waals surface area contributed by atoms with Crippen molar-refractivity contribution in [2.45, 2.75) is 29.9 Å². The van der Waals surface area contributed by atoms with E-state index in [0.717, 1.165) is 42.9 Å². The van der Waals surface area contributed by atoms with Gasteiger partial charge in [-0.05, 0) is 25.3 Å². The lowest BCUT2D eigenvalue weighted by Gasteiger charge is -2.26. The summed E-state index contributed by atoms with van der Waals surface area (Å²) >= 11 is 1.80. The van der Waals surface area contributed by atoms with Gasteiger partial charge in [0.1, 0.15) is 0 Å². The van der Waals surface area contributed by atoms with Crippen molar-refractivity contribution in [2.75, 3.05) is 13.1 Å². The first-order chi connectivity index (χ1) is 10.8. The quantitative estimate of drug-likeness (QED) is 0.810. The van der Waals surface area contributed by atoms with E-state index in [0.29, 0.717) is 5.69 Å². The average molecular weight is 313 g/mol. The molecule has 1 aromatic carbocycles. The van der Waals surface area contributed by atoms with E-state index in [4.69, 9.17) is 0 Å². The zero-order chi connectivity index (χ0) is 15.1. The Hall–Kier alpha value is -1.75. The molecule has 1 fully saturated rings. The van der Waals surface area contributed by atoms with Gasteiger partial charge in [0.15, 0.2) is 5.69 Å². The maximum atomic E-state index is 12.8. The van der Waals surface area contributed by atoms with E-state index >= 15 is 0 Å². The highest BCUT2D eigenvalue weighted by molar-refractivity contribution is 7.98. The van der Waals surface area contributed by atoms with Crippen molar-refractivity contribution in [3.8, 4) is 11.3 Å². The van der Waals surface area contributed by atoms with Gasteiger partial charge in [-0.15, -0.1) is 11.8 Å². The van der Waals surface area contributed by atoms with Gasteiger partial charge in [-0.3, -0.25) is 9.48 Å². The maximum absolute atomic E-state index is 12.8. The molecule has 2 aliphatic heterocycles. The fraction of sp³-hybridized carbons (Fsp3) is 0.412. The number of thioether (sulfide) groups is 1. The topological polar surface area (TPSA) is 38.1 Å². The summed E-state index contributed by atoms with van der Waals surface area (Å²) in [5.74, 6) is 0.936. The number of likely N-dealkylation sites (tertiary alicyclic amines) is 1. The largest absolute Gasteiger partial charge is 0.337 e. The number of hydrogen-bond donors (Lipinski definition) is 0. The molecule has 3 heterocycles. The molecule has 0 radical (unpaired) electrons. The molecular formula is C17H19N3OS. The number of aryl methyl sites for hydroxylation is 1. The van der Waals surface area contributed by atoms with E-state index < -0.39 is 0 Å². The van der Waals surface area contributed by atoms with Crippen LogP contribution in [0.25, 0.3) is 11.3 Å². The molecule has 2 aromatic rings. The van der Waals surface area contributed by atoms with Crippen molar-refractivity contribution >= 4 is 17.7 Å². The number of amides is 1. The van der Waals surface area contributed by atoms with Gasteiger partial charge < -0.3 is 4.90 Å². The Bertz CT molecular complexity index is 732. The molecule has 0 N–H and O–H groups in total. The predicted molar refractivity (Wildman–Crippen MR) is 88.0 cm³/mol. The van der Waals surface area contributed by atoms with Crippen LogP contribution < -0.4 is 0 Å². The Kier molecular flexibility index (Phi) is 3.45. The average Bonchev–Trinajstić information content (AvgIpc) is 2.92. The zero-order valence-corrected chi connectivity index (χ0v) is 13.5. The normalized spacial score (nSPS) is 17.0. The number of hydrogen-bond acceptors (Lipinski definition) is 3. The van der Waals surface area contributed by atoms with Gasteiger partial charge in [-0.25, -0.2) is 0 Å². The molecule has 5 heteroatoms. The summed E-state index contributed by atoms with van der Waals surface area (Å²) in [6.45, 7) is 1.74. The van der Waals surface area contributed by atoms with Gasteiger partial charge in [0.05, 0.1) is 5.69 Å². The molecule has 0 bridgehead atoms. The second-order valence-electron chi connectivity index (χ2n) is 5.94. The van der Waals surface area contributed by atoms with Gasteiger partial charge in [0.25, 0.3) is 5.91 Å². The Morgan fingerprint density at radius 1 is 1.18 bits per heavy atom. The van der Waals surface area contributed by atoms with Crippen LogP contribution in [0.3, 0.4) is 0 Å². The third kappa shape index (κ3) is 2.15. The molecule has 22 heavy (non-hydrogen) atoms. The molecule has 0 spiro atoms. The lowest BCUT2D eigenvalue weighted by Crippen LogP contribution is -2.36. The molecule has 114 valence electrons. The van der Waals surface area contributed by atoms with Crippen molar-refractivity contribution in [2.24, 2.45) is 7.05 Å². The predicted octanol–water partition coefficient (Wildman–Crippen LogP) is 3.32. The van der Waals surface area contributed by atoms with Crippen molar-refractivity contribution in [1.29, 1.82) is 0 Å². The Labute approximate surface area is 134 Å². The highest BCUT2D eigenvalue weighted by atomic mass is 32.2. The molecule has 1 saturated heterocycles. The van der Waals surface area contributed by atoms with E-state index in [1.54, 1.807) is 11.8 Å². The molecule has 0 aliphatic carbocycles. The van der Waals surface area contributed by atoms with Crippen LogP contribution in [-0.2, 0) is 12.8 Å². The van der Waals surface area contributed by atoms with Crippen molar-refractivity contribution in [3.05, 3.63) is 35.5 Å². The van der Waals surface area contributed by atoms with Crippen molar-refractivity contribution in [3.63, 3.8) is 0 Å². The number of carbonyl (C=O) groups is 1. The molecule has 0 unspecified atom stereocenters. The van der Waals surface area contributed by atoms with E-state index in [9.17, 15) is 4.79 Å². The number of benzene rings is 1. The minimum atomic E-state index is 0.108. The second kappa shape index (κ2) is 5.47. The number of nitrogens with zero attached hydrogens (tertiary/aromatic N) is 3. The van der Waals surface area contributed by atoms with Gasteiger partial charge in [0.2, 0.25) is 0 Å². The summed E-state index contributed by atoms with van der Waals surface area (Å²) in [5, 5.41) is 4.58. The van der Waals surface area contributed by atoms with Crippen LogP contribution in [0.5, 0.6) is 0 Å². The monoisotopic (exact) mass is 313 g/mol. The first-order valence-corrected chi connectivity index (χ1v) is 8.81. The molecule has 1 amide bonds. The van der Waals surface area contributed by atoms with E-state index in [1.165, 1.54) is 16.9 Å². The summed E-state index contributed by atoms with van der Waals surface area (Å²) in [5.41, 5.74) is 4.05. The number of piperidine rings is 1. The van der Waals surface area contributed by atoms with Gasteiger partial charge in [-0.2, -0.15) is 5.10 Å². The standard InChI is InChI=1S/C17H19N3OS/c1-19-16-12-7-3-4-8-14(12)22-11-13(16)15(18-19)17(21)20-9-5-2-6-10-20/h3-4,7-8H,2,5-6,9-11H2,1H3.